The van der Waals surface area contributed by atoms with Gasteiger partial charge < -0.3 is 23.7 Å². The van der Waals surface area contributed by atoms with E-state index in [-0.39, 0.29) is 43.0 Å². The molecule has 1 aromatic heterocycles. The molecular formula is C22H18N2O8. The van der Waals surface area contributed by atoms with Crippen LogP contribution in [0.25, 0.3) is 0 Å². The normalized spacial score (nSPS) is 12.7. The third-order valence-electron chi connectivity index (χ3n) is 4.72. The number of carbonyl (C=O) groups excluding carboxylic acids is 2. The highest BCUT2D eigenvalue weighted by Gasteiger charge is 2.28. The number of ketones is 1. The summed E-state index contributed by atoms with van der Waals surface area (Å²) in [6, 6.07) is 11.6. The summed E-state index contributed by atoms with van der Waals surface area (Å²) in [6.07, 6.45) is 0.999. The highest BCUT2D eigenvalue weighted by atomic mass is 16.5. The minimum Gasteiger partial charge on any atom is -0.493 e. The number of hydrogen-bond acceptors (Lipinski definition) is 8. The summed E-state index contributed by atoms with van der Waals surface area (Å²) >= 11 is 0. The Morgan fingerprint density at radius 3 is 2.69 bits per heavy atom. The van der Waals surface area contributed by atoms with Crippen LogP contribution >= 0.6 is 0 Å². The summed E-state index contributed by atoms with van der Waals surface area (Å²) in [5.74, 6) is -0.571. The fraction of sp³-hybridized carbons (Fsp3) is 0.182. The first-order chi connectivity index (χ1) is 15.5. The van der Waals surface area contributed by atoms with Gasteiger partial charge in [-0.2, -0.15) is 0 Å². The maximum atomic E-state index is 12.7. The molecule has 0 atom stereocenters. The molecule has 10 nitrogen and oxygen atoms in total. The summed E-state index contributed by atoms with van der Waals surface area (Å²) in [5, 5.41) is 9.00. The van der Waals surface area contributed by atoms with E-state index in [2.05, 4.69) is 4.98 Å². The lowest BCUT2D eigenvalue weighted by Crippen LogP contribution is -2.38. The van der Waals surface area contributed by atoms with Gasteiger partial charge in [0, 0.05) is 5.56 Å². The van der Waals surface area contributed by atoms with E-state index in [4.69, 9.17) is 23.7 Å². The topological polar surface area (TPSA) is 128 Å². The van der Waals surface area contributed by atoms with Crippen LogP contribution in [-0.4, -0.2) is 48.1 Å². The Morgan fingerprint density at radius 2 is 1.97 bits per heavy atom. The van der Waals surface area contributed by atoms with Crippen molar-refractivity contribution in [1.82, 2.24) is 4.98 Å². The van der Waals surface area contributed by atoms with Crippen LogP contribution in [0.3, 0.4) is 0 Å². The maximum Gasteiger partial charge on any atom is 0.357 e. The van der Waals surface area contributed by atoms with Crippen molar-refractivity contribution >= 4 is 23.3 Å². The number of ether oxygens (including phenoxy) is 3. The zero-order chi connectivity index (χ0) is 22.7. The van der Waals surface area contributed by atoms with Crippen molar-refractivity contribution in [2.45, 2.75) is 6.54 Å². The molecule has 1 aliphatic rings. The number of rotatable bonds is 8. The zero-order valence-corrected chi connectivity index (χ0v) is 16.9. The number of aromatic nitrogens is 1. The van der Waals surface area contributed by atoms with E-state index in [1.165, 1.54) is 18.1 Å². The van der Waals surface area contributed by atoms with Crippen molar-refractivity contribution in [3.8, 4) is 17.2 Å². The quantitative estimate of drug-likeness (QED) is 0.528. The average molecular weight is 438 g/mol. The van der Waals surface area contributed by atoms with Crippen LogP contribution in [0.15, 0.2) is 53.1 Å². The first kappa shape index (κ1) is 20.9. The van der Waals surface area contributed by atoms with E-state index in [0.717, 1.165) is 6.26 Å². The molecule has 0 bridgehead atoms. The highest BCUT2D eigenvalue weighted by Crippen LogP contribution is 2.34. The third-order valence-corrected chi connectivity index (χ3v) is 4.72. The highest BCUT2D eigenvalue weighted by molar-refractivity contribution is 6.02. The van der Waals surface area contributed by atoms with Crippen LogP contribution in [0.2, 0.25) is 0 Å². The Hall–Kier alpha value is -4.34. The van der Waals surface area contributed by atoms with Crippen molar-refractivity contribution < 1.29 is 38.1 Å². The predicted octanol–water partition coefficient (Wildman–Crippen LogP) is 2.57. The Balaban J connectivity index is 1.54. The Morgan fingerprint density at radius 1 is 1.19 bits per heavy atom. The Labute approximate surface area is 181 Å². The van der Waals surface area contributed by atoms with E-state index in [9.17, 15) is 14.4 Å². The predicted molar refractivity (Wildman–Crippen MR) is 109 cm³/mol. The van der Waals surface area contributed by atoms with Gasteiger partial charge in [0.2, 0.25) is 5.89 Å². The number of carboxylic acids is 1. The van der Waals surface area contributed by atoms with Gasteiger partial charge in [-0.05, 0) is 30.3 Å². The molecule has 1 N–H and O–H groups in total. The summed E-state index contributed by atoms with van der Waals surface area (Å²) < 4.78 is 21.4. The van der Waals surface area contributed by atoms with Gasteiger partial charge >= 0.3 is 5.97 Å². The summed E-state index contributed by atoms with van der Waals surface area (Å²) in [6.45, 7) is -0.558. The molecule has 0 radical (unpaired) electrons. The lowest BCUT2D eigenvalue weighted by Gasteiger charge is -2.28. The number of oxazole rings is 1. The zero-order valence-electron chi connectivity index (χ0n) is 16.9. The van der Waals surface area contributed by atoms with Crippen molar-refractivity contribution in [2.75, 3.05) is 25.2 Å². The van der Waals surface area contributed by atoms with Crippen LogP contribution in [0.5, 0.6) is 17.2 Å². The monoisotopic (exact) mass is 438 g/mol. The molecule has 1 aliphatic heterocycles. The molecule has 1 amide bonds. The molecule has 2 heterocycles. The molecule has 3 aromatic rings. The number of methoxy groups -OCH3 is 1. The van der Waals surface area contributed by atoms with Crippen molar-refractivity contribution in [1.29, 1.82) is 0 Å². The Kier molecular flexibility index (Phi) is 5.75. The molecule has 164 valence electrons. The molecule has 0 unspecified atom stereocenters. The number of amides is 1. The molecule has 10 heteroatoms. The van der Waals surface area contributed by atoms with Gasteiger partial charge in [0.1, 0.15) is 18.6 Å². The number of Topliss-reactive ketones (excluding diaryl/α,β-unsaturated/α-hetero) is 1. The van der Waals surface area contributed by atoms with Crippen molar-refractivity contribution in [2.24, 2.45) is 0 Å². The second kappa shape index (κ2) is 8.80. The van der Waals surface area contributed by atoms with Crippen LogP contribution in [0.1, 0.15) is 26.7 Å². The number of carboxylic acid groups (broad SMARTS) is 1. The van der Waals surface area contributed by atoms with Gasteiger partial charge in [-0.25, -0.2) is 9.78 Å². The molecule has 0 fully saturated rings. The summed E-state index contributed by atoms with van der Waals surface area (Å²) in [5.41, 5.74) is 0.387. The van der Waals surface area contributed by atoms with Crippen LogP contribution in [-0.2, 0) is 11.3 Å². The van der Waals surface area contributed by atoms with E-state index in [0.29, 0.717) is 28.5 Å². The SMILES string of the molecule is COc1ccccc1OCC(=O)c1ccc2c(c1)N(Cc1nc(C(=O)O)co1)C(=O)CO2. The lowest BCUT2D eigenvalue weighted by molar-refractivity contribution is -0.121. The van der Waals surface area contributed by atoms with E-state index in [1.54, 1.807) is 36.4 Å². The number of para-hydroxylation sites is 2. The lowest BCUT2D eigenvalue weighted by atomic mass is 10.1. The fourth-order valence-corrected chi connectivity index (χ4v) is 3.13. The average Bonchev–Trinajstić information content (AvgIpc) is 3.28. The van der Waals surface area contributed by atoms with E-state index in [1.807, 2.05) is 0 Å². The number of benzene rings is 2. The fourth-order valence-electron chi connectivity index (χ4n) is 3.13. The number of nitrogens with zero attached hydrogens (tertiary/aromatic N) is 2. The second-order valence-corrected chi connectivity index (χ2v) is 6.75. The maximum absolute atomic E-state index is 12.7. The van der Waals surface area contributed by atoms with Crippen LogP contribution in [0.4, 0.5) is 5.69 Å². The second-order valence-electron chi connectivity index (χ2n) is 6.75. The van der Waals surface area contributed by atoms with Gasteiger partial charge in [-0.3, -0.25) is 14.5 Å². The van der Waals surface area contributed by atoms with Gasteiger partial charge in [0.05, 0.1) is 12.8 Å². The largest absolute Gasteiger partial charge is 0.493 e. The number of aromatic carboxylic acids is 1. The molecule has 0 saturated carbocycles. The molecule has 0 spiro atoms. The minimum absolute atomic E-state index is 0.0415. The first-order valence-corrected chi connectivity index (χ1v) is 9.50. The number of anilines is 1. The molecule has 0 aliphatic carbocycles. The van der Waals surface area contributed by atoms with Gasteiger partial charge in [0.25, 0.3) is 5.91 Å². The molecule has 4 rings (SSSR count). The standard InChI is InChI=1S/C22H18N2O8/c1-29-18-4-2-3-5-19(18)30-11-16(25)13-6-7-17-15(8-13)24(21(26)12-31-17)9-20-23-14(10-32-20)22(27)28/h2-8,10H,9,11-12H2,1H3,(H,27,28). The van der Waals surface area contributed by atoms with E-state index < -0.39 is 5.97 Å². The number of hydrogen-bond donors (Lipinski definition) is 1. The number of fused-ring (bicyclic) bond motifs is 1. The number of carbonyl (C=O) groups is 3. The minimum atomic E-state index is -1.24. The smallest absolute Gasteiger partial charge is 0.357 e. The molecule has 2 aromatic carbocycles. The van der Waals surface area contributed by atoms with Crippen LogP contribution in [0, 0.1) is 0 Å². The van der Waals surface area contributed by atoms with Gasteiger partial charge in [-0.1, -0.05) is 12.1 Å². The van der Waals surface area contributed by atoms with E-state index >= 15 is 0 Å². The molecule has 0 saturated heterocycles. The molecular weight excluding hydrogens is 420 g/mol. The van der Waals surface area contributed by atoms with Crippen molar-refractivity contribution in [3.63, 3.8) is 0 Å². The van der Waals surface area contributed by atoms with Crippen LogP contribution < -0.4 is 19.1 Å². The third kappa shape index (κ3) is 4.24. The van der Waals surface area contributed by atoms with Crippen molar-refractivity contribution in [3.05, 3.63) is 65.9 Å². The summed E-state index contributed by atoms with van der Waals surface area (Å²) in [4.78, 5) is 41.4. The first-order valence-electron chi connectivity index (χ1n) is 9.50. The summed E-state index contributed by atoms with van der Waals surface area (Å²) in [7, 11) is 1.51. The Bertz CT molecular complexity index is 1190. The van der Waals surface area contributed by atoms with Gasteiger partial charge in [0.15, 0.2) is 36.2 Å². The molecule has 32 heavy (non-hydrogen) atoms. The van der Waals surface area contributed by atoms with Gasteiger partial charge in [-0.15, -0.1) is 0 Å².